The highest BCUT2D eigenvalue weighted by atomic mass is 16.3. The molecule has 2 fully saturated rings. The van der Waals surface area contributed by atoms with Crippen molar-refractivity contribution in [3.05, 3.63) is 59.9 Å². The number of aliphatic hydroxyl groups excluding tert-OH is 1. The van der Waals surface area contributed by atoms with Gasteiger partial charge in [-0.15, -0.1) is 0 Å². The molecule has 1 N–H and O–H groups in total. The van der Waals surface area contributed by atoms with E-state index < -0.39 is 0 Å². The fourth-order valence-corrected chi connectivity index (χ4v) is 5.36. The van der Waals surface area contributed by atoms with Crippen molar-refractivity contribution in [2.24, 2.45) is 5.41 Å². The van der Waals surface area contributed by atoms with Crippen molar-refractivity contribution >= 4 is 16.9 Å². The maximum atomic E-state index is 13.4. The Morgan fingerprint density at radius 1 is 1.16 bits per heavy atom. The predicted molar refractivity (Wildman–Crippen MR) is 119 cm³/mol. The van der Waals surface area contributed by atoms with Gasteiger partial charge in [0.25, 0.3) is 5.91 Å². The average Bonchev–Trinajstić information content (AvgIpc) is 3.12. The topological polar surface area (TPSA) is 74.5 Å². The van der Waals surface area contributed by atoms with Crippen LogP contribution in [0.4, 0.5) is 0 Å². The molecule has 4 heterocycles. The molecule has 1 aromatic carbocycles. The van der Waals surface area contributed by atoms with Crippen molar-refractivity contribution in [1.82, 2.24) is 24.6 Å². The lowest BCUT2D eigenvalue weighted by Gasteiger charge is -2.48. The van der Waals surface area contributed by atoms with Crippen molar-refractivity contribution < 1.29 is 9.90 Å². The first-order valence-electron chi connectivity index (χ1n) is 11.0. The summed E-state index contributed by atoms with van der Waals surface area (Å²) in [4.78, 5) is 22.1. The molecular weight excluding hydrogens is 390 g/mol. The molecule has 2 saturated heterocycles. The number of likely N-dealkylation sites (tertiary alicyclic amines) is 2. The number of piperidine rings is 2. The van der Waals surface area contributed by atoms with Crippen LogP contribution >= 0.6 is 0 Å². The first-order chi connectivity index (χ1) is 15.0. The van der Waals surface area contributed by atoms with Crippen molar-refractivity contribution in [3.8, 4) is 0 Å². The van der Waals surface area contributed by atoms with E-state index in [-0.39, 0.29) is 17.4 Å². The molecule has 0 saturated carbocycles. The van der Waals surface area contributed by atoms with Gasteiger partial charge in [-0.05, 0) is 49.4 Å². The minimum atomic E-state index is -0.273. The van der Waals surface area contributed by atoms with Gasteiger partial charge in [0, 0.05) is 32.4 Å². The second kappa shape index (κ2) is 8.05. The maximum Gasteiger partial charge on any atom is 0.275 e. The van der Waals surface area contributed by atoms with Crippen LogP contribution in [-0.2, 0) is 6.54 Å². The van der Waals surface area contributed by atoms with Crippen molar-refractivity contribution in [1.29, 1.82) is 0 Å². The quantitative estimate of drug-likeness (QED) is 0.706. The number of aromatic nitrogens is 3. The molecule has 7 nitrogen and oxygen atoms in total. The fraction of sp³-hybridized carbons (Fsp3) is 0.458. The molecule has 2 aromatic heterocycles. The summed E-state index contributed by atoms with van der Waals surface area (Å²) in [5.41, 5.74) is 2.45. The third-order valence-electron chi connectivity index (χ3n) is 6.79. The summed E-state index contributed by atoms with van der Waals surface area (Å²) < 4.78 is 1.83. The number of nitrogens with zero attached hydrogens (tertiary/aromatic N) is 5. The summed E-state index contributed by atoms with van der Waals surface area (Å²) in [6.07, 6.45) is 4.14. The Labute approximate surface area is 182 Å². The lowest BCUT2D eigenvalue weighted by molar-refractivity contribution is -0.0287. The summed E-state index contributed by atoms with van der Waals surface area (Å²) >= 11 is 0. The van der Waals surface area contributed by atoms with E-state index in [0.29, 0.717) is 25.3 Å². The number of aliphatic hydroxyl groups is 1. The third kappa shape index (κ3) is 3.95. The smallest absolute Gasteiger partial charge is 0.275 e. The lowest BCUT2D eigenvalue weighted by atomic mass is 9.71. The Morgan fingerprint density at radius 2 is 1.94 bits per heavy atom. The van der Waals surface area contributed by atoms with E-state index in [2.05, 4.69) is 29.1 Å². The zero-order valence-electron chi connectivity index (χ0n) is 17.9. The molecule has 2 aliphatic heterocycles. The number of fused-ring (bicyclic) bond motifs is 1. The molecule has 0 bridgehead atoms. The van der Waals surface area contributed by atoms with Crippen molar-refractivity contribution in [3.63, 3.8) is 0 Å². The van der Waals surface area contributed by atoms with Gasteiger partial charge in [-0.25, -0.2) is 9.67 Å². The molecule has 162 valence electrons. The van der Waals surface area contributed by atoms with E-state index >= 15 is 0 Å². The number of hydrogen-bond donors (Lipinski definition) is 1. The molecule has 7 heteroatoms. The van der Waals surface area contributed by atoms with Crippen LogP contribution in [-0.4, -0.2) is 74.9 Å². The fourth-order valence-electron chi connectivity index (χ4n) is 5.36. The first kappa shape index (κ1) is 20.2. The van der Waals surface area contributed by atoms with Gasteiger partial charge >= 0.3 is 0 Å². The van der Waals surface area contributed by atoms with Gasteiger partial charge in [0.15, 0.2) is 11.3 Å². The molecule has 5 rings (SSSR count). The Balaban J connectivity index is 1.37. The van der Waals surface area contributed by atoms with Crippen LogP contribution < -0.4 is 0 Å². The molecule has 0 radical (unpaired) electrons. The van der Waals surface area contributed by atoms with Crippen LogP contribution in [0, 0.1) is 5.41 Å². The number of carbonyl (C=O) groups excluding carboxylic acids is 1. The highest BCUT2D eigenvalue weighted by Crippen LogP contribution is 2.40. The van der Waals surface area contributed by atoms with Crippen LogP contribution in [0.3, 0.4) is 0 Å². The molecular formula is C24H29N5O2. The number of benzene rings is 1. The van der Waals surface area contributed by atoms with Gasteiger partial charge in [0.2, 0.25) is 0 Å². The van der Waals surface area contributed by atoms with E-state index in [1.165, 1.54) is 0 Å². The van der Waals surface area contributed by atoms with Gasteiger partial charge in [-0.2, -0.15) is 5.10 Å². The summed E-state index contributed by atoms with van der Waals surface area (Å²) in [6, 6.07) is 13.9. The first-order valence-corrected chi connectivity index (χ1v) is 11.0. The molecule has 31 heavy (non-hydrogen) atoms. The van der Waals surface area contributed by atoms with E-state index in [0.717, 1.165) is 48.9 Å². The maximum absolute atomic E-state index is 13.4. The second-order valence-electron chi connectivity index (χ2n) is 9.21. The minimum Gasteiger partial charge on any atom is -0.392 e. The summed E-state index contributed by atoms with van der Waals surface area (Å²) in [5, 5.41) is 15.8. The third-order valence-corrected chi connectivity index (χ3v) is 6.79. The van der Waals surface area contributed by atoms with Gasteiger partial charge in [-0.3, -0.25) is 4.79 Å². The summed E-state index contributed by atoms with van der Waals surface area (Å²) in [6.45, 7) is 3.71. The van der Waals surface area contributed by atoms with E-state index in [1.54, 1.807) is 6.20 Å². The predicted octanol–water partition coefficient (Wildman–Crippen LogP) is 2.40. The van der Waals surface area contributed by atoms with Crippen LogP contribution in [0.15, 0.2) is 48.7 Å². The number of carbonyl (C=O) groups is 1. The Morgan fingerprint density at radius 3 is 2.68 bits per heavy atom. The van der Waals surface area contributed by atoms with Gasteiger partial charge in [0.05, 0.1) is 18.0 Å². The Hall–Kier alpha value is -2.77. The molecule has 3 aromatic rings. The van der Waals surface area contributed by atoms with Gasteiger partial charge in [0.1, 0.15) is 0 Å². The van der Waals surface area contributed by atoms with Crippen LogP contribution in [0.2, 0.25) is 0 Å². The lowest BCUT2D eigenvalue weighted by Crippen LogP contribution is -2.53. The molecule has 1 spiro atoms. The average molecular weight is 420 g/mol. The number of rotatable bonds is 3. The largest absolute Gasteiger partial charge is 0.392 e. The zero-order valence-corrected chi connectivity index (χ0v) is 17.9. The highest BCUT2D eigenvalue weighted by Gasteiger charge is 2.41. The number of pyridine rings is 1. The molecule has 1 amide bonds. The van der Waals surface area contributed by atoms with Crippen molar-refractivity contribution in [2.45, 2.75) is 31.9 Å². The van der Waals surface area contributed by atoms with Gasteiger partial charge < -0.3 is 14.9 Å². The number of β-amino-alcohol motifs (C(OH)–C–C–N with tert-alkyl or cyclic N) is 1. The van der Waals surface area contributed by atoms with E-state index in [4.69, 9.17) is 5.10 Å². The molecule has 0 aliphatic carbocycles. The molecule has 2 aliphatic rings. The zero-order chi connectivity index (χ0) is 21.4. The van der Waals surface area contributed by atoms with Crippen LogP contribution in [0.5, 0.6) is 0 Å². The van der Waals surface area contributed by atoms with E-state index in [9.17, 15) is 9.90 Å². The van der Waals surface area contributed by atoms with Gasteiger partial charge in [-0.1, -0.05) is 30.3 Å². The Bertz CT molecular complexity index is 1060. The number of likely N-dealkylation sites (N-methyl/N-ethyl adjacent to an activating group) is 1. The second-order valence-corrected chi connectivity index (χ2v) is 9.21. The number of hydrogen-bond acceptors (Lipinski definition) is 5. The normalized spacial score (nSPS) is 21.6. The van der Waals surface area contributed by atoms with Crippen LogP contribution in [0.25, 0.3) is 11.0 Å². The van der Waals surface area contributed by atoms with E-state index in [1.807, 2.05) is 39.9 Å². The van der Waals surface area contributed by atoms with Crippen LogP contribution in [0.1, 0.15) is 35.3 Å². The monoisotopic (exact) mass is 419 g/mol. The standard InChI is InChI=1S/C24H29N5O2/c1-27-16-19(30)14-24(17-27)9-12-28(13-10-24)23(31)21-20-8-5-11-25-22(20)29(26-21)15-18-6-3-2-4-7-18/h2-8,11,19,30H,9-10,12-17H2,1H3. The Kier molecular flexibility index (Phi) is 5.24. The van der Waals surface area contributed by atoms with Crippen molar-refractivity contribution in [2.75, 3.05) is 33.2 Å². The molecule has 1 atom stereocenters. The minimum absolute atomic E-state index is 0.0237. The molecule has 1 unspecified atom stereocenters. The number of amides is 1. The summed E-state index contributed by atoms with van der Waals surface area (Å²) in [7, 11) is 2.07. The highest BCUT2D eigenvalue weighted by molar-refractivity contribution is 6.04. The SMILES string of the molecule is CN1CC(O)CC2(CCN(C(=O)c3nn(Cc4ccccc4)c4ncccc34)CC2)C1. The summed E-state index contributed by atoms with van der Waals surface area (Å²) in [5.74, 6) is -0.0237.